The molecule has 1 aromatic heterocycles. The van der Waals surface area contributed by atoms with Crippen molar-refractivity contribution in [3.8, 4) is 5.69 Å². The Morgan fingerprint density at radius 1 is 1.03 bits per heavy atom. The summed E-state index contributed by atoms with van der Waals surface area (Å²) in [4.78, 5) is 24.7. The minimum Gasteiger partial charge on any atom is -0.451 e. The maximum absolute atomic E-state index is 12.6. The van der Waals surface area contributed by atoms with E-state index in [1.165, 1.54) is 0 Å². The molecule has 1 saturated carbocycles. The standard InChI is InChI=1S/C23H23N3O3/c27-22(24-14-13-17-7-3-1-4-8-17)16-29-23(28)21-15-20(18-11-12-18)25-26(21)19-9-5-2-6-10-19/h1-10,15,18H,11-14,16H2,(H,24,27). The summed E-state index contributed by atoms with van der Waals surface area (Å²) >= 11 is 0. The van der Waals surface area contributed by atoms with Crippen LogP contribution in [0.4, 0.5) is 0 Å². The van der Waals surface area contributed by atoms with Gasteiger partial charge in [-0.1, -0.05) is 48.5 Å². The SMILES string of the molecule is O=C(COC(=O)c1cc(C2CC2)nn1-c1ccccc1)NCCc1ccccc1. The second-order valence-corrected chi connectivity index (χ2v) is 7.14. The van der Waals surface area contributed by atoms with Crippen molar-refractivity contribution in [3.63, 3.8) is 0 Å². The number of amides is 1. The summed E-state index contributed by atoms with van der Waals surface area (Å²) in [5.41, 5.74) is 3.17. The summed E-state index contributed by atoms with van der Waals surface area (Å²) in [5.74, 6) is -0.457. The highest BCUT2D eigenvalue weighted by molar-refractivity contribution is 5.90. The van der Waals surface area contributed by atoms with E-state index in [0.29, 0.717) is 18.2 Å². The summed E-state index contributed by atoms with van der Waals surface area (Å²) < 4.78 is 6.86. The minimum atomic E-state index is -0.550. The molecule has 148 valence electrons. The average Bonchev–Trinajstić information content (AvgIpc) is 3.51. The molecule has 0 saturated heterocycles. The first-order valence-corrected chi connectivity index (χ1v) is 9.84. The lowest BCUT2D eigenvalue weighted by atomic mass is 10.1. The summed E-state index contributed by atoms with van der Waals surface area (Å²) in [5, 5.41) is 7.37. The normalized spacial score (nSPS) is 13.1. The number of esters is 1. The van der Waals surface area contributed by atoms with Crippen molar-refractivity contribution in [3.05, 3.63) is 83.7 Å². The van der Waals surface area contributed by atoms with Gasteiger partial charge in [0.05, 0.1) is 11.4 Å². The third-order valence-corrected chi connectivity index (χ3v) is 4.85. The van der Waals surface area contributed by atoms with Gasteiger partial charge in [-0.3, -0.25) is 4.79 Å². The van der Waals surface area contributed by atoms with Gasteiger partial charge in [-0.25, -0.2) is 9.48 Å². The maximum Gasteiger partial charge on any atom is 0.357 e. The van der Waals surface area contributed by atoms with Crippen LogP contribution in [0.1, 0.15) is 40.5 Å². The molecule has 0 spiro atoms. The molecule has 6 heteroatoms. The van der Waals surface area contributed by atoms with Crippen molar-refractivity contribution in [1.82, 2.24) is 15.1 Å². The van der Waals surface area contributed by atoms with Crippen LogP contribution < -0.4 is 5.32 Å². The van der Waals surface area contributed by atoms with E-state index in [-0.39, 0.29) is 12.5 Å². The number of para-hydroxylation sites is 1. The lowest BCUT2D eigenvalue weighted by molar-refractivity contribution is -0.124. The number of rotatable bonds is 8. The molecule has 1 aliphatic carbocycles. The van der Waals surface area contributed by atoms with E-state index in [9.17, 15) is 9.59 Å². The van der Waals surface area contributed by atoms with Crippen LogP contribution in [0.25, 0.3) is 5.69 Å². The summed E-state index contributed by atoms with van der Waals surface area (Å²) in [7, 11) is 0. The Morgan fingerprint density at radius 3 is 2.41 bits per heavy atom. The number of benzene rings is 2. The molecule has 2 aromatic carbocycles. The molecule has 1 amide bonds. The van der Waals surface area contributed by atoms with Crippen LogP contribution in [0.3, 0.4) is 0 Å². The lowest BCUT2D eigenvalue weighted by Gasteiger charge is -2.08. The van der Waals surface area contributed by atoms with Crippen LogP contribution in [-0.4, -0.2) is 34.8 Å². The molecule has 0 atom stereocenters. The number of hydrogen-bond donors (Lipinski definition) is 1. The predicted octanol–water partition coefficient (Wildman–Crippen LogP) is 3.27. The quantitative estimate of drug-likeness (QED) is 0.600. The highest BCUT2D eigenvalue weighted by Crippen LogP contribution is 2.39. The highest BCUT2D eigenvalue weighted by atomic mass is 16.5. The zero-order chi connectivity index (χ0) is 20.1. The van der Waals surface area contributed by atoms with Crippen LogP contribution >= 0.6 is 0 Å². The van der Waals surface area contributed by atoms with Gasteiger partial charge in [-0.2, -0.15) is 5.10 Å². The lowest BCUT2D eigenvalue weighted by Crippen LogP contribution is -2.30. The monoisotopic (exact) mass is 389 g/mol. The van der Waals surface area contributed by atoms with Gasteiger partial charge in [0.25, 0.3) is 5.91 Å². The van der Waals surface area contributed by atoms with Crippen molar-refractivity contribution >= 4 is 11.9 Å². The van der Waals surface area contributed by atoms with E-state index in [0.717, 1.165) is 36.2 Å². The van der Waals surface area contributed by atoms with E-state index in [1.807, 2.05) is 60.7 Å². The Hall–Kier alpha value is -3.41. The molecule has 1 aliphatic rings. The molecule has 4 rings (SSSR count). The first-order valence-electron chi connectivity index (χ1n) is 9.84. The van der Waals surface area contributed by atoms with Crippen molar-refractivity contribution in [2.24, 2.45) is 0 Å². The molecular weight excluding hydrogens is 366 g/mol. The summed E-state index contributed by atoms with van der Waals surface area (Å²) in [6.07, 6.45) is 2.90. The van der Waals surface area contributed by atoms with Crippen LogP contribution in [-0.2, 0) is 16.0 Å². The zero-order valence-electron chi connectivity index (χ0n) is 16.1. The number of ether oxygens (including phenoxy) is 1. The van der Waals surface area contributed by atoms with Gasteiger partial charge in [-0.15, -0.1) is 0 Å². The van der Waals surface area contributed by atoms with Crippen molar-refractivity contribution in [2.45, 2.75) is 25.2 Å². The van der Waals surface area contributed by atoms with Gasteiger partial charge in [0, 0.05) is 12.5 Å². The van der Waals surface area contributed by atoms with E-state index >= 15 is 0 Å². The maximum atomic E-state index is 12.6. The van der Waals surface area contributed by atoms with Crippen molar-refractivity contribution < 1.29 is 14.3 Å². The Bertz CT molecular complexity index is 979. The molecule has 1 heterocycles. The van der Waals surface area contributed by atoms with Crippen molar-refractivity contribution in [2.75, 3.05) is 13.2 Å². The molecule has 0 bridgehead atoms. The summed E-state index contributed by atoms with van der Waals surface area (Å²) in [6, 6.07) is 21.1. The number of carbonyl (C=O) groups excluding carboxylic acids is 2. The number of hydrogen-bond acceptors (Lipinski definition) is 4. The largest absolute Gasteiger partial charge is 0.451 e. The Morgan fingerprint density at radius 2 is 1.72 bits per heavy atom. The number of nitrogens with zero attached hydrogens (tertiary/aromatic N) is 2. The first kappa shape index (κ1) is 18.9. The van der Waals surface area contributed by atoms with Crippen LogP contribution in [0.15, 0.2) is 66.7 Å². The number of aromatic nitrogens is 2. The fourth-order valence-corrected chi connectivity index (χ4v) is 3.14. The molecule has 3 aromatic rings. The zero-order valence-corrected chi connectivity index (χ0v) is 16.1. The second-order valence-electron chi connectivity index (χ2n) is 7.14. The smallest absolute Gasteiger partial charge is 0.357 e. The second kappa shape index (κ2) is 8.73. The molecule has 0 aliphatic heterocycles. The Balaban J connectivity index is 1.35. The fraction of sp³-hybridized carbons (Fsp3) is 0.261. The van der Waals surface area contributed by atoms with E-state index in [1.54, 1.807) is 10.7 Å². The Kier molecular flexibility index (Phi) is 5.70. The predicted molar refractivity (Wildman–Crippen MR) is 109 cm³/mol. The molecule has 1 N–H and O–H groups in total. The van der Waals surface area contributed by atoms with Gasteiger partial charge in [0.15, 0.2) is 12.3 Å². The molecule has 0 unspecified atom stereocenters. The van der Waals surface area contributed by atoms with Gasteiger partial charge in [0.1, 0.15) is 0 Å². The molecule has 0 radical (unpaired) electrons. The molecule has 29 heavy (non-hydrogen) atoms. The first-order chi connectivity index (χ1) is 14.2. The number of carbonyl (C=O) groups is 2. The Labute approximate surface area is 169 Å². The van der Waals surface area contributed by atoms with E-state index in [2.05, 4.69) is 10.4 Å². The highest BCUT2D eigenvalue weighted by Gasteiger charge is 2.29. The van der Waals surface area contributed by atoms with Crippen molar-refractivity contribution in [1.29, 1.82) is 0 Å². The molecule has 1 fully saturated rings. The van der Waals surface area contributed by atoms with E-state index in [4.69, 9.17) is 4.74 Å². The fourth-order valence-electron chi connectivity index (χ4n) is 3.14. The molecule has 6 nitrogen and oxygen atoms in total. The molecular formula is C23H23N3O3. The van der Waals surface area contributed by atoms with Crippen LogP contribution in [0.2, 0.25) is 0 Å². The number of nitrogens with one attached hydrogen (secondary N) is 1. The van der Waals surface area contributed by atoms with Gasteiger partial charge in [-0.05, 0) is 43.0 Å². The third-order valence-electron chi connectivity index (χ3n) is 4.85. The average molecular weight is 389 g/mol. The summed E-state index contributed by atoms with van der Waals surface area (Å²) in [6.45, 7) is 0.181. The van der Waals surface area contributed by atoms with Crippen LogP contribution in [0.5, 0.6) is 0 Å². The van der Waals surface area contributed by atoms with Crippen LogP contribution in [0, 0.1) is 0 Å². The van der Waals surface area contributed by atoms with Gasteiger partial charge >= 0.3 is 5.97 Å². The van der Waals surface area contributed by atoms with Gasteiger partial charge < -0.3 is 10.1 Å². The minimum absolute atomic E-state index is 0.313. The van der Waals surface area contributed by atoms with E-state index < -0.39 is 5.97 Å². The third kappa shape index (κ3) is 4.90. The van der Waals surface area contributed by atoms with Gasteiger partial charge in [0.2, 0.25) is 0 Å². The topological polar surface area (TPSA) is 73.2 Å².